The molecule has 4 N–H and O–H groups in total. The molecule has 0 saturated heterocycles. The van der Waals surface area contributed by atoms with Gasteiger partial charge in [-0.15, -0.1) is 22.7 Å². The molecule has 0 spiro atoms. The van der Waals surface area contributed by atoms with E-state index in [1.165, 1.54) is 19.5 Å². The summed E-state index contributed by atoms with van der Waals surface area (Å²) in [5.74, 6) is 0. The number of nitrogen functional groups attached to an aromatic ring is 2. The molecule has 2 aromatic carbocycles. The number of benzene rings is 2. The Morgan fingerprint density at radius 1 is 0.458 bits per heavy atom. The number of rotatable bonds is 3. The monoisotopic (exact) mass is 348 g/mol. The standard InChI is InChI=1S/C20H16N2S2/c21-15-7-3-1-5-13(15)17-9-11-19(23-17)20-12-10-18(24-20)14-6-2-4-8-16(14)22/h1-12H,21-22H2. The van der Waals surface area contributed by atoms with Crippen LogP contribution in [-0.2, 0) is 0 Å². The minimum absolute atomic E-state index is 0.815. The normalized spacial score (nSPS) is 10.8. The molecule has 0 bridgehead atoms. The van der Waals surface area contributed by atoms with Gasteiger partial charge in [0.25, 0.3) is 0 Å². The summed E-state index contributed by atoms with van der Waals surface area (Å²) in [7, 11) is 0. The minimum atomic E-state index is 0.815. The second-order valence-electron chi connectivity index (χ2n) is 5.50. The SMILES string of the molecule is Nc1ccccc1-c1ccc(-c2ccc(-c3ccccc3N)s2)s1. The summed E-state index contributed by atoms with van der Waals surface area (Å²) in [5, 5.41) is 0. The van der Waals surface area contributed by atoms with Gasteiger partial charge in [0.05, 0.1) is 0 Å². The van der Waals surface area contributed by atoms with Crippen molar-refractivity contribution >= 4 is 34.0 Å². The van der Waals surface area contributed by atoms with E-state index >= 15 is 0 Å². The van der Waals surface area contributed by atoms with Crippen LogP contribution in [0.4, 0.5) is 11.4 Å². The Morgan fingerprint density at radius 3 is 1.25 bits per heavy atom. The number of nitrogens with two attached hydrogens (primary N) is 2. The van der Waals surface area contributed by atoms with E-state index < -0.39 is 0 Å². The first kappa shape index (κ1) is 15.0. The molecule has 118 valence electrons. The third kappa shape index (κ3) is 2.70. The van der Waals surface area contributed by atoms with Gasteiger partial charge in [-0.1, -0.05) is 36.4 Å². The van der Waals surface area contributed by atoms with Gasteiger partial charge in [0.2, 0.25) is 0 Å². The first-order valence-corrected chi connectivity index (χ1v) is 9.25. The highest BCUT2D eigenvalue weighted by molar-refractivity contribution is 7.25. The summed E-state index contributed by atoms with van der Waals surface area (Å²) >= 11 is 3.53. The Balaban J connectivity index is 1.69. The lowest BCUT2D eigenvalue weighted by Crippen LogP contribution is -1.86. The van der Waals surface area contributed by atoms with E-state index in [-0.39, 0.29) is 0 Å². The molecule has 0 amide bonds. The summed E-state index contributed by atoms with van der Waals surface area (Å²) in [5.41, 5.74) is 16.0. The van der Waals surface area contributed by atoms with Crippen LogP contribution in [0.3, 0.4) is 0 Å². The van der Waals surface area contributed by atoms with E-state index in [2.05, 4.69) is 36.4 Å². The zero-order valence-corrected chi connectivity index (χ0v) is 14.5. The van der Waals surface area contributed by atoms with E-state index in [9.17, 15) is 0 Å². The molecule has 0 fully saturated rings. The van der Waals surface area contributed by atoms with E-state index in [4.69, 9.17) is 11.5 Å². The first-order valence-electron chi connectivity index (χ1n) is 7.62. The summed E-state index contributed by atoms with van der Waals surface area (Å²) in [4.78, 5) is 4.88. The van der Waals surface area contributed by atoms with Gasteiger partial charge in [-0.05, 0) is 36.4 Å². The lowest BCUT2D eigenvalue weighted by atomic mass is 10.1. The van der Waals surface area contributed by atoms with Crippen LogP contribution in [0, 0.1) is 0 Å². The number of anilines is 2. The third-order valence-corrected chi connectivity index (χ3v) is 6.34. The van der Waals surface area contributed by atoms with Gasteiger partial charge in [0.1, 0.15) is 0 Å². The van der Waals surface area contributed by atoms with Crippen LogP contribution in [0.15, 0.2) is 72.8 Å². The first-order chi connectivity index (χ1) is 11.7. The Bertz CT molecular complexity index is 916. The maximum Gasteiger partial charge on any atom is 0.0449 e. The zero-order valence-electron chi connectivity index (χ0n) is 12.9. The van der Waals surface area contributed by atoms with Crippen LogP contribution in [0.1, 0.15) is 0 Å². The van der Waals surface area contributed by atoms with Gasteiger partial charge < -0.3 is 11.5 Å². The number of hydrogen-bond acceptors (Lipinski definition) is 4. The van der Waals surface area contributed by atoms with Gasteiger partial charge in [-0.2, -0.15) is 0 Å². The van der Waals surface area contributed by atoms with Crippen molar-refractivity contribution in [1.82, 2.24) is 0 Å². The van der Waals surface area contributed by atoms with Gasteiger partial charge in [0, 0.05) is 42.0 Å². The van der Waals surface area contributed by atoms with Crippen LogP contribution in [0.5, 0.6) is 0 Å². The molecule has 2 heterocycles. The lowest BCUT2D eigenvalue weighted by Gasteiger charge is -2.01. The average molecular weight is 348 g/mol. The molecule has 0 atom stereocenters. The lowest BCUT2D eigenvalue weighted by molar-refractivity contribution is 1.67. The van der Waals surface area contributed by atoms with Gasteiger partial charge in [-0.25, -0.2) is 0 Å². The van der Waals surface area contributed by atoms with Gasteiger partial charge >= 0.3 is 0 Å². The average Bonchev–Trinajstić information content (AvgIpc) is 3.25. The fourth-order valence-electron chi connectivity index (χ4n) is 2.67. The molecule has 4 rings (SSSR count). The number of thiophene rings is 2. The van der Waals surface area contributed by atoms with Crippen molar-refractivity contribution in [2.24, 2.45) is 0 Å². The van der Waals surface area contributed by atoms with E-state index in [1.807, 2.05) is 36.4 Å². The fourth-order valence-corrected chi connectivity index (χ4v) is 4.87. The predicted octanol–water partition coefficient (Wildman–Crippen LogP) is 5.98. The van der Waals surface area contributed by atoms with Crippen LogP contribution in [0.2, 0.25) is 0 Å². The summed E-state index contributed by atoms with van der Waals surface area (Å²) in [6.07, 6.45) is 0. The topological polar surface area (TPSA) is 52.0 Å². The van der Waals surface area contributed by atoms with Crippen LogP contribution >= 0.6 is 22.7 Å². The third-order valence-electron chi connectivity index (χ3n) is 3.91. The number of hydrogen-bond donors (Lipinski definition) is 2. The van der Waals surface area contributed by atoms with Crippen molar-refractivity contribution in [2.45, 2.75) is 0 Å². The molecular weight excluding hydrogens is 332 g/mol. The van der Waals surface area contributed by atoms with Crippen LogP contribution < -0.4 is 11.5 Å². The Hall–Kier alpha value is -2.56. The molecule has 2 aromatic heterocycles. The van der Waals surface area contributed by atoms with E-state index in [0.717, 1.165) is 22.5 Å². The van der Waals surface area contributed by atoms with Crippen LogP contribution in [0.25, 0.3) is 30.6 Å². The van der Waals surface area contributed by atoms with Gasteiger partial charge in [-0.3, -0.25) is 0 Å². The van der Waals surface area contributed by atoms with Gasteiger partial charge in [0.15, 0.2) is 0 Å². The Labute approximate surface area is 149 Å². The molecule has 0 aliphatic rings. The molecule has 4 heteroatoms. The molecule has 2 nitrogen and oxygen atoms in total. The number of para-hydroxylation sites is 2. The van der Waals surface area contributed by atoms with Crippen molar-refractivity contribution in [3.63, 3.8) is 0 Å². The highest BCUT2D eigenvalue weighted by Crippen LogP contribution is 2.42. The maximum atomic E-state index is 6.09. The van der Waals surface area contributed by atoms with Crippen molar-refractivity contribution in [3.05, 3.63) is 72.8 Å². The second kappa shape index (κ2) is 6.15. The minimum Gasteiger partial charge on any atom is -0.398 e. The summed E-state index contributed by atoms with van der Waals surface area (Å²) in [6, 6.07) is 24.6. The molecule has 0 unspecified atom stereocenters. The van der Waals surface area contributed by atoms with E-state index in [1.54, 1.807) is 22.7 Å². The Morgan fingerprint density at radius 2 is 0.833 bits per heavy atom. The molecule has 0 aliphatic carbocycles. The molecule has 4 aromatic rings. The van der Waals surface area contributed by atoms with Crippen molar-refractivity contribution < 1.29 is 0 Å². The predicted molar refractivity (Wildman–Crippen MR) is 107 cm³/mol. The summed E-state index contributed by atoms with van der Waals surface area (Å²) in [6.45, 7) is 0. The maximum absolute atomic E-state index is 6.09. The smallest absolute Gasteiger partial charge is 0.0449 e. The van der Waals surface area contributed by atoms with Crippen molar-refractivity contribution in [1.29, 1.82) is 0 Å². The molecule has 0 radical (unpaired) electrons. The largest absolute Gasteiger partial charge is 0.398 e. The molecule has 0 saturated carbocycles. The quantitative estimate of drug-likeness (QED) is 0.448. The zero-order chi connectivity index (χ0) is 16.5. The summed E-state index contributed by atoms with van der Waals surface area (Å²) < 4.78 is 0. The highest BCUT2D eigenvalue weighted by atomic mass is 32.1. The molecule has 24 heavy (non-hydrogen) atoms. The fraction of sp³-hybridized carbons (Fsp3) is 0. The van der Waals surface area contributed by atoms with Crippen molar-refractivity contribution in [2.75, 3.05) is 11.5 Å². The Kier molecular flexibility index (Phi) is 3.84. The second-order valence-corrected chi connectivity index (χ2v) is 7.67. The van der Waals surface area contributed by atoms with E-state index in [0.29, 0.717) is 0 Å². The highest BCUT2D eigenvalue weighted by Gasteiger charge is 2.11. The molecular formula is C20H16N2S2. The van der Waals surface area contributed by atoms with Crippen molar-refractivity contribution in [3.8, 4) is 30.6 Å². The van der Waals surface area contributed by atoms with Crippen LogP contribution in [-0.4, -0.2) is 0 Å². The molecule has 0 aliphatic heterocycles.